The van der Waals surface area contributed by atoms with Crippen molar-refractivity contribution in [1.82, 2.24) is 10.2 Å². The SMILES string of the molecule is CN(CCC1CCOCC1)C1CCNCC1. The molecule has 0 atom stereocenters. The highest BCUT2D eigenvalue weighted by atomic mass is 16.5. The molecule has 3 nitrogen and oxygen atoms in total. The Morgan fingerprint density at radius 1 is 1.12 bits per heavy atom. The Morgan fingerprint density at radius 3 is 2.50 bits per heavy atom. The largest absolute Gasteiger partial charge is 0.381 e. The zero-order valence-corrected chi connectivity index (χ0v) is 10.6. The predicted octanol–water partition coefficient (Wildman–Crippen LogP) is 1.49. The van der Waals surface area contributed by atoms with Crippen molar-refractivity contribution in [2.75, 3.05) is 39.9 Å². The van der Waals surface area contributed by atoms with Crippen molar-refractivity contribution >= 4 is 0 Å². The van der Waals surface area contributed by atoms with Crippen LogP contribution in [0.5, 0.6) is 0 Å². The Balaban J connectivity index is 1.63. The van der Waals surface area contributed by atoms with Crippen LogP contribution in [0.3, 0.4) is 0 Å². The van der Waals surface area contributed by atoms with Gasteiger partial charge in [0.25, 0.3) is 0 Å². The van der Waals surface area contributed by atoms with Crippen LogP contribution in [-0.4, -0.2) is 50.8 Å². The number of hydrogen-bond donors (Lipinski definition) is 1. The summed E-state index contributed by atoms with van der Waals surface area (Å²) in [6.07, 6.45) is 6.57. The molecule has 0 spiro atoms. The number of piperidine rings is 1. The van der Waals surface area contributed by atoms with Gasteiger partial charge in [0.2, 0.25) is 0 Å². The average molecular weight is 226 g/mol. The highest BCUT2D eigenvalue weighted by Gasteiger charge is 2.19. The Labute approximate surface area is 99.5 Å². The maximum Gasteiger partial charge on any atom is 0.0468 e. The Bertz CT molecular complexity index is 186. The molecule has 0 unspecified atom stereocenters. The van der Waals surface area contributed by atoms with Crippen LogP contribution in [0.2, 0.25) is 0 Å². The number of nitrogens with zero attached hydrogens (tertiary/aromatic N) is 1. The second-order valence-electron chi connectivity index (χ2n) is 5.31. The number of hydrogen-bond acceptors (Lipinski definition) is 3. The molecule has 0 radical (unpaired) electrons. The molecule has 0 saturated carbocycles. The molecular weight excluding hydrogens is 200 g/mol. The maximum absolute atomic E-state index is 5.40. The molecule has 0 aromatic carbocycles. The van der Waals surface area contributed by atoms with E-state index in [1.165, 1.54) is 51.7 Å². The van der Waals surface area contributed by atoms with E-state index in [-0.39, 0.29) is 0 Å². The lowest BCUT2D eigenvalue weighted by Crippen LogP contribution is -2.41. The first-order chi connectivity index (χ1) is 7.86. The van der Waals surface area contributed by atoms with Crippen LogP contribution in [0, 0.1) is 5.92 Å². The van der Waals surface area contributed by atoms with Gasteiger partial charge < -0.3 is 15.0 Å². The zero-order valence-electron chi connectivity index (χ0n) is 10.6. The smallest absolute Gasteiger partial charge is 0.0468 e. The summed E-state index contributed by atoms with van der Waals surface area (Å²) in [5.41, 5.74) is 0. The summed E-state index contributed by atoms with van der Waals surface area (Å²) in [5.74, 6) is 0.915. The third-order valence-corrected chi connectivity index (χ3v) is 4.16. The summed E-state index contributed by atoms with van der Waals surface area (Å²) in [4.78, 5) is 2.58. The summed E-state index contributed by atoms with van der Waals surface area (Å²) >= 11 is 0. The van der Waals surface area contributed by atoms with Gasteiger partial charge in [-0.1, -0.05) is 0 Å². The standard InChI is InChI=1S/C13H26N2O/c1-15(13-2-7-14-8-3-13)9-4-12-5-10-16-11-6-12/h12-14H,2-11H2,1H3. The van der Waals surface area contributed by atoms with E-state index in [2.05, 4.69) is 17.3 Å². The predicted molar refractivity (Wildman–Crippen MR) is 66.7 cm³/mol. The maximum atomic E-state index is 5.40. The Kier molecular flexibility index (Phi) is 5.07. The third-order valence-electron chi connectivity index (χ3n) is 4.16. The third kappa shape index (κ3) is 3.72. The van der Waals surface area contributed by atoms with Crippen LogP contribution in [0.4, 0.5) is 0 Å². The highest BCUT2D eigenvalue weighted by Crippen LogP contribution is 2.20. The molecule has 94 valence electrons. The van der Waals surface area contributed by atoms with Crippen LogP contribution in [0.15, 0.2) is 0 Å². The van der Waals surface area contributed by atoms with Crippen molar-refractivity contribution in [2.45, 2.75) is 38.1 Å². The topological polar surface area (TPSA) is 24.5 Å². The monoisotopic (exact) mass is 226 g/mol. The van der Waals surface area contributed by atoms with E-state index in [1.54, 1.807) is 0 Å². The molecule has 0 bridgehead atoms. The number of ether oxygens (including phenoxy) is 1. The minimum absolute atomic E-state index is 0.820. The quantitative estimate of drug-likeness (QED) is 0.786. The van der Waals surface area contributed by atoms with E-state index in [4.69, 9.17) is 4.74 Å². The molecule has 0 aromatic rings. The van der Waals surface area contributed by atoms with E-state index in [9.17, 15) is 0 Å². The molecule has 2 fully saturated rings. The van der Waals surface area contributed by atoms with Crippen molar-refractivity contribution in [3.05, 3.63) is 0 Å². The summed E-state index contributed by atoms with van der Waals surface area (Å²) in [6, 6.07) is 0.820. The highest BCUT2D eigenvalue weighted by molar-refractivity contribution is 4.76. The van der Waals surface area contributed by atoms with Gasteiger partial charge in [0.15, 0.2) is 0 Å². The lowest BCUT2D eigenvalue weighted by atomic mass is 9.95. The van der Waals surface area contributed by atoms with Crippen LogP contribution in [-0.2, 0) is 4.74 Å². The van der Waals surface area contributed by atoms with Gasteiger partial charge in [-0.3, -0.25) is 0 Å². The van der Waals surface area contributed by atoms with Gasteiger partial charge in [-0.2, -0.15) is 0 Å². The van der Waals surface area contributed by atoms with E-state index in [0.29, 0.717) is 0 Å². The van der Waals surface area contributed by atoms with E-state index in [1.807, 2.05) is 0 Å². The van der Waals surface area contributed by atoms with E-state index >= 15 is 0 Å². The van der Waals surface area contributed by atoms with Crippen molar-refractivity contribution < 1.29 is 4.74 Å². The van der Waals surface area contributed by atoms with Gasteiger partial charge in [0.05, 0.1) is 0 Å². The van der Waals surface area contributed by atoms with Crippen LogP contribution in [0.25, 0.3) is 0 Å². The molecule has 2 aliphatic rings. The van der Waals surface area contributed by atoms with Crippen LogP contribution >= 0.6 is 0 Å². The zero-order chi connectivity index (χ0) is 11.2. The van der Waals surface area contributed by atoms with E-state index < -0.39 is 0 Å². The minimum Gasteiger partial charge on any atom is -0.381 e. The fraction of sp³-hybridized carbons (Fsp3) is 1.00. The minimum atomic E-state index is 0.820. The second-order valence-corrected chi connectivity index (χ2v) is 5.31. The fourth-order valence-corrected chi connectivity index (χ4v) is 2.85. The number of rotatable bonds is 4. The van der Waals surface area contributed by atoms with Crippen molar-refractivity contribution in [3.8, 4) is 0 Å². The summed E-state index contributed by atoms with van der Waals surface area (Å²) < 4.78 is 5.40. The molecule has 3 heteroatoms. The molecule has 2 saturated heterocycles. The summed E-state index contributed by atoms with van der Waals surface area (Å²) in [6.45, 7) is 5.65. The fourth-order valence-electron chi connectivity index (χ4n) is 2.85. The molecule has 0 aromatic heterocycles. The molecule has 2 heterocycles. The summed E-state index contributed by atoms with van der Waals surface area (Å²) in [5, 5.41) is 3.43. The van der Waals surface area contributed by atoms with Gasteiger partial charge in [0, 0.05) is 19.3 Å². The van der Waals surface area contributed by atoms with Crippen LogP contribution < -0.4 is 5.32 Å². The Hall–Kier alpha value is -0.120. The first kappa shape index (κ1) is 12.3. The molecule has 2 aliphatic heterocycles. The molecule has 0 amide bonds. The van der Waals surface area contributed by atoms with Crippen LogP contribution in [0.1, 0.15) is 32.1 Å². The van der Waals surface area contributed by atoms with Gasteiger partial charge >= 0.3 is 0 Å². The molecular formula is C13H26N2O. The first-order valence-electron chi connectivity index (χ1n) is 6.85. The van der Waals surface area contributed by atoms with E-state index in [0.717, 1.165) is 25.2 Å². The second kappa shape index (κ2) is 6.58. The van der Waals surface area contributed by atoms with Gasteiger partial charge in [-0.05, 0) is 64.7 Å². The van der Waals surface area contributed by atoms with Crippen molar-refractivity contribution in [2.24, 2.45) is 5.92 Å². The normalized spacial score (nSPS) is 25.1. The van der Waals surface area contributed by atoms with Gasteiger partial charge in [0.1, 0.15) is 0 Å². The Morgan fingerprint density at radius 2 is 1.81 bits per heavy atom. The van der Waals surface area contributed by atoms with Crippen molar-refractivity contribution in [3.63, 3.8) is 0 Å². The average Bonchev–Trinajstić information content (AvgIpc) is 2.38. The molecule has 1 N–H and O–H groups in total. The summed E-state index contributed by atoms with van der Waals surface area (Å²) in [7, 11) is 2.30. The van der Waals surface area contributed by atoms with Gasteiger partial charge in [-0.25, -0.2) is 0 Å². The molecule has 16 heavy (non-hydrogen) atoms. The van der Waals surface area contributed by atoms with Crippen molar-refractivity contribution in [1.29, 1.82) is 0 Å². The molecule has 2 rings (SSSR count). The lowest BCUT2D eigenvalue weighted by molar-refractivity contribution is 0.0585. The first-order valence-corrected chi connectivity index (χ1v) is 6.85. The van der Waals surface area contributed by atoms with Gasteiger partial charge in [-0.15, -0.1) is 0 Å². The number of nitrogens with one attached hydrogen (secondary N) is 1. The molecule has 0 aliphatic carbocycles. The lowest BCUT2D eigenvalue weighted by Gasteiger charge is -2.33.